The number of hydrogen-bond donors (Lipinski definition) is 0. The quantitative estimate of drug-likeness (QED) is 0.0199. The maximum absolute atomic E-state index is 12.9. The highest BCUT2D eigenvalue weighted by Gasteiger charge is 2.19. The van der Waals surface area contributed by atoms with Crippen LogP contribution in [0.2, 0.25) is 0 Å². The molecular formula is C64H112O6. The number of esters is 3. The molecule has 70 heavy (non-hydrogen) atoms. The van der Waals surface area contributed by atoms with E-state index in [2.05, 4.69) is 93.7 Å². The van der Waals surface area contributed by atoms with Crippen molar-refractivity contribution in [2.75, 3.05) is 13.2 Å². The lowest BCUT2D eigenvalue weighted by atomic mass is 10.0. The van der Waals surface area contributed by atoms with E-state index in [0.29, 0.717) is 19.3 Å². The summed E-state index contributed by atoms with van der Waals surface area (Å²) in [6.07, 6.45) is 74.6. The summed E-state index contributed by atoms with van der Waals surface area (Å²) in [5.74, 6) is -0.907. The first-order chi connectivity index (χ1) is 34.5. The largest absolute Gasteiger partial charge is 0.462 e. The van der Waals surface area contributed by atoms with Gasteiger partial charge in [-0.25, -0.2) is 0 Å². The predicted molar refractivity (Wildman–Crippen MR) is 302 cm³/mol. The van der Waals surface area contributed by atoms with Crippen molar-refractivity contribution in [3.05, 3.63) is 72.9 Å². The van der Waals surface area contributed by atoms with Crippen LogP contribution in [0.25, 0.3) is 0 Å². The van der Waals surface area contributed by atoms with Crippen LogP contribution in [0.1, 0.15) is 297 Å². The first-order valence-electron chi connectivity index (χ1n) is 30.0. The van der Waals surface area contributed by atoms with Crippen molar-refractivity contribution >= 4 is 17.9 Å². The Labute approximate surface area is 433 Å². The molecule has 0 amide bonds. The standard InChI is InChI=1S/C64H112O6/c1-4-7-10-13-16-19-22-25-28-31-32-34-36-39-42-45-48-51-54-57-63(66)69-60-61(59-68-62(65)56-53-50-47-44-41-38-35-30-27-24-21-18-15-12-9-6-3)70-64(67)58-55-52-49-46-43-40-37-33-29-26-23-20-17-14-11-8-5-2/h9,12,16,18-19,21-22,25,27,30,38,41,61H,4-8,10-11,13-15,17,20,23-24,26,28-29,31-37,39-40,42-60H2,1-3H3/b12-9-,19-16-,21-18-,25-22-,30-27-,41-38-. The fourth-order valence-corrected chi connectivity index (χ4v) is 8.48. The third-order valence-electron chi connectivity index (χ3n) is 13.0. The molecule has 0 aliphatic rings. The van der Waals surface area contributed by atoms with Gasteiger partial charge in [0.05, 0.1) is 0 Å². The lowest BCUT2D eigenvalue weighted by Gasteiger charge is -2.18. The van der Waals surface area contributed by atoms with Crippen LogP contribution >= 0.6 is 0 Å². The van der Waals surface area contributed by atoms with E-state index >= 15 is 0 Å². The molecule has 1 unspecified atom stereocenters. The number of hydrogen-bond acceptors (Lipinski definition) is 6. The lowest BCUT2D eigenvalue weighted by Crippen LogP contribution is -2.30. The van der Waals surface area contributed by atoms with Gasteiger partial charge >= 0.3 is 17.9 Å². The average Bonchev–Trinajstić information content (AvgIpc) is 3.36. The van der Waals surface area contributed by atoms with Gasteiger partial charge in [-0.05, 0) is 83.5 Å². The molecule has 6 nitrogen and oxygen atoms in total. The first kappa shape index (κ1) is 66.9. The summed E-state index contributed by atoms with van der Waals surface area (Å²) in [6, 6.07) is 0. The molecule has 0 bridgehead atoms. The van der Waals surface area contributed by atoms with Crippen LogP contribution in [0.4, 0.5) is 0 Å². The Kier molecular flexibility index (Phi) is 55.8. The molecule has 0 saturated carbocycles. The van der Waals surface area contributed by atoms with Crippen LogP contribution in [0.3, 0.4) is 0 Å². The summed E-state index contributed by atoms with van der Waals surface area (Å²) in [7, 11) is 0. The lowest BCUT2D eigenvalue weighted by molar-refractivity contribution is -0.167. The third kappa shape index (κ3) is 55.8. The molecule has 0 fully saturated rings. The number of carbonyl (C=O) groups excluding carboxylic acids is 3. The van der Waals surface area contributed by atoms with Crippen molar-refractivity contribution in [3.63, 3.8) is 0 Å². The van der Waals surface area contributed by atoms with Crippen molar-refractivity contribution in [3.8, 4) is 0 Å². The van der Waals surface area contributed by atoms with Gasteiger partial charge in [0.1, 0.15) is 13.2 Å². The summed E-state index contributed by atoms with van der Waals surface area (Å²) in [6.45, 7) is 6.50. The second-order valence-corrected chi connectivity index (χ2v) is 19.9. The molecule has 0 aromatic rings. The fraction of sp³-hybridized carbons (Fsp3) is 0.766. The summed E-state index contributed by atoms with van der Waals surface area (Å²) in [5, 5.41) is 0. The fourth-order valence-electron chi connectivity index (χ4n) is 8.48. The molecule has 0 radical (unpaired) electrons. The third-order valence-corrected chi connectivity index (χ3v) is 13.0. The molecule has 0 spiro atoms. The van der Waals surface area contributed by atoms with Crippen LogP contribution in [0.5, 0.6) is 0 Å². The topological polar surface area (TPSA) is 78.9 Å². The van der Waals surface area contributed by atoms with Crippen LogP contribution in [0, 0.1) is 0 Å². The number of unbranched alkanes of at least 4 members (excludes halogenated alkanes) is 32. The molecule has 1 atom stereocenters. The van der Waals surface area contributed by atoms with Crippen molar-refractivity contribution in [2.24, 2.45) is 0 Å². The minimum Gasteiger partial charge on any atom is -0.462 e. The van der Waals surface area contributed by atoms with Gasteiger partial charge in [0, 0.05) is 19.3 Å². The van der Waals surface area contributed by atoms with E-state index in [-0.39, 0.29) is 31.1 Å². The highest BCUT2D eigenvalue weighted by atomic mass is 16.6. The van der Waals surface area contributed by atoms with E-state index in [1.165, 1.54) is 167 Å². The summed E-state index contributed by atoms with van der Waals surface area (Å²) >= 11 is 0. The Morgan fingerprint density at radius 3 is 1.00 bits per heavy atom. The minimum atomic E-state index is -0.789. The molecular weight excluding hydrogens is 865 g/mol. The molecule has 0 rings (SSSR count). The molecule has 0 aliphatic heterocycles. The monoisotopic (exact) mass is 977 g/mol. The zero-order valence-corrected chi connectivity index (χ0v) is 46.3. The summed E-state index contributed by atoms with van der Waals surface area (Å²) < 4.78 is 16.9. The van der Waals surface area contributed by atoms with E-state index in [0.717, 1.165) is 89.9 Å². The Morgan fingerprint density at radius 1 is 0.314 bits per heavy atom. The Morgan fingerprint density at radius 2 is 0.600 bits per heavy atom. The molecule has 0 saturated heterocycles. The van der Waals surface area contributed by atoms with Crippen molar-refractivity contribution < 1.29 is 28.6 Å². The molecule has 404 valence electrons. The highest BCUT2D eigenvalue weighted by Crippen LogP contribution is 2.16. The maximum atomic E-state index is 12.9. The average molecular weight is 978 g/mol. The van der Waals surface area contributed by atoms with Crippen molar-refractivity contribution in [2.45, 2.75) is 303 Å². The number of rotatable bonds is 54. The first-order valence-corrected chi connectivity index (χ1v) is 30.0. The van der Waals surface area contributed by atoms with E-state index in [4.69, 9.17) is 14.2 Å². The molecule has 6 heteroatoms. The minimum absolute atomic E-state index is 0.0851. The van der Waals surface area contributed by atoms with Gasteiger partial charge in [0.2, 0.25) is 0 Å². The van der Waals surface area contributed by atoms with E-state index in [1.807, 2.05) is 0 Å². The van der Waals surface area contributed by atoms with Crippen LogP contribution in [-0.2, 0) is 28.6 Å². The van der Waals surface area contributed by atoms with Gasteiger partial charge in [-0.3, -0.25) is 14.4 Å². The van der Waals surface area contributed by atoms with E-state index < -0.39 is 6.10 Å². The number of allylic oxidation sites excluding steroid dienone is 12. The number of ether oxygens (including phenoxy) is 3. The predicted octanol–water partition coefficient (Wildman–Crippen LogP) is 20.2. The molecule has 0 heterocycles. The van der Waals surface area contributed by atoms with Crippen LogP contribution < -0.4 is 0 Å². The smallest absolute Gasteiger partial charge is 0.306 e. The van der Waals surface area contributed by atoms with Gasteiger partial charge in [-0.15, -0.1) is 0 Å². The molecule has 0 aromatic carbocycles. The zero-order chi connectivity index (χ0) is 50.7. The SMILES string of the molecule is CC/C=C\C/C=C\C/C=C\C/C=C\CCCCCC(=O)OCC(COC(=O)CCCCCCCCCCCC/C=C\C=C/CCCCC)OC(=O)CCCCCCCCCCCCCCCCCCC. The van der Waals surface area contributed by atoms with E-state index in [9.17, 15) is 14.4 Å². The Bertz CT molecular complexity index is 1310. The highest BCUT2D eigenvalue weighted by molar-refractivity contribution is 5.71. The second-order valence-electron chi connectivity index (χ2n) is 19.9. The Balaban J connectivity index is 4.40. The van der Waals surface area contributed by atoms with Crippen molar-refractivity contribution in [1.29, 1.82) is 0 Å². The number of carbonyl (C=O) groups is 3. The zero-order valence-electron chi connectivity index (χ0n) is 46.3. The summed E-state index contributed by atoms with van der Waals surface area (Å²) in [5.41, 5.74) is 0. The van der Waals surface area contributed by atoms with Gasteiger partial charge in [-0.2, -0.15) is 0 Å². The maximum Gasteiger partial charge on any atom is 0.306 e. The van der Waals surface area contributed by atoms with Crippen LogP contribution in [0.15, 0.2) is 72.9 Å². The van der Waals surface area contributed by atoms with Gasteiger partial charge < -0.3 is 14.2 Å². The second kappa shape index (κ2) is 58.4. The Hall–Kier alpha value is -3.15. The molecule has 0 aromatic heterocycles. The normalized spacial score (nSPS) is 12.6. The van der Waals surface area contributed by atoms with Crippen molar-refractivity contribution in [1.82, 2.24) is 0 Å². The van der Waals surface area contributed by atoms with E-state index in [1.54, 1.807) is 0 Å². The van der Waals surface area contributed by atoms with Gasteiger partial charge in [-0.1, -0.05) is 267 Å². The summed E-state index contributed by atoms with van der Waals surface area (Å²) in [4.78, 5) is 38.2. The van der Waals surface area contributed by atoms with Gasteiger partial charge in [0.25, 0.3) is 0 Å². The van der Waals surface area contributed by atoms with Crippen LogP contribution in [-0.4, -0.2) is 37.2 Å². The molecule has 0 aliphatic carbocycles. The molecule has 0 N–H and O–H groups in total. The van der Waals surface area contributed by atoms with Gasteiger partial charge in [0.15, 0.2) is 6.10 Å².